The maximum Gasteiger partial charge on any atom is 0.248 e. The van der Waals surface area contributed by atoms with Gasteiger partial charge in [-0.15, -0.1) is 0 Å². The molecule has 0 saturated carbocycles. The van der Waals surface area contributed by atoms with Crippen LogP contribution in [0.5, 0.6) is 0 Å². The number of pyridine rings is 1. The van der Waals surface area contributed by atoms with Crippen molar-refractivity contribution in [3.05, 3.63) is 34.2 Å². The van der Waals surface area contributed by atoms with E-state index in [-0.39, 0.29) is 5.56 Å². The number of nitrogens with one attached hydrogen (secondary N) is 2. The smallest absolute Gasteiger partial charge is 0.248 e. The molecule has 0 aliphatic heterocycles. The number of ether oxygens (including phenoxy) is 1. The topological polar surface area (TPSA) is 92.5 Å². The molecule has 1 aromatic heterocycles. The molecule has 0 aromatic carbocycles. The highest BCUT2D eigenvalue weighted by molar-refractivity contribution is 5.96. The summed E-state index contributed by atoms with van der Waals surface area (Å²) in [5.41, 5.74) is 2.79. The van der Waals surface area contributed by atoms with Crippen LogP contribution in [0.2, 0.25) is 0 Å². The number of aromatic amines is 1. The van der Waals surface area contributed by atoms with Crippen molar-refractivity contribution in [3.63, 3.8) is 0 Å². The van der Waals surface area contributed by atoms with E-state index >= 15 is 0 Å². The van der Waals surface area contributed by atoms with Gasteiger partial charge in [-0.1, -0.05) is 6.07 Å². The van der Waals surface area contributed by atoms with Crippen molar-refractivity contribution < 1.29 is 4.74 Å². The summed E-state index contributed by atoms with van der Waals surface area (Å²) in [6, 6.07) is 4.77. The zero-order valence-electron chi connectivity index (χ0n) is 8.49. The molecule has 0 fully saturated rings. The first-order valence-electron chi connectivity index (χ1n) is 4.47. The fourth-order valence-electron chi connectivity index (χ4n) is 1.04. The molecule has 1 heterocycles. The minimum atomic E-state index is -0.192. The van der Waals surface area contributed by atoms with E-state index in [4.69, 9.17) is 10.6 Å². The molecule has 4 N–H and O–H groups in total. The van der Waals surface area contributed by atoms with Crippen molar-refractivity contribution in [3.8, 4) is 0 Å². The van der Waals surface area contributed by atoms with Gasteiger partial charge in [-0.3, -0.25) is 9.79 Å². The van der Waals surface area contributed by atoms with Crippen LogP contribution in [0.4, 0.5) is 0 Å². The quantitative estimate of drug-likeness (QED) is 0.200. The van der Waals surface area contributed by atoms with Crippen LogP contribution < -0.4 is 16.8 Å². The lowest BCUT2D eigenvalue weighted by molar-refractivity contribution is 0.208. The van der Waals surface area contributed by atoms with Gasteiger partial charge in [0.25, 0.3) is 0 Å². The summed E-state index contributed by atoms with van der Waals surface area (Å²) in [5.74, 6) is 5.73. The van der Waals surface area contributed by atoms with Crippen LogP contribution in [0.15, 0.2) is 28.0 Å². The molecule has 6 heteroatoms. The lowest BCUT2D eigenvalue weighted by Crippen LogP contribution is -2.33. The zero-order valence-corrected chi connectivity index (χ0v) is 8.49. The van der Waals surface area contributed by atoms with Crippen LogP contribution in [0.1, 0.15) is 5.69 Å². The van der Waals surface area contributed by atoms with E-state index in [1.807, 2.05) is 0 Å². The molecule has 0 spiro atoms. The van der Waals surface area contributed by atoms with Crippen molar-refractivity contribution in [2.75, 3.05) is 20.3 Å². The molecule has 0 aliphatic carbocycles. The van der Waals surface area contributed by atoms with Crippen molar-refractivity contribution in [2.45, 2.75) is 0 Å². The zero-order chi connectivity index (χ0) is 11.1. The maximum atomic E-state index is 11.0. The van der Waals surface area contributed by atoms with Crippen molar-refractivity contribution in [2.24, 2.45) is 10.8 Å². The Balaban J connectivity index is 2.82. The number of nitrogens with zero attached hydrogens (tertiary/aromatic N) is 1. The molecule has 0 saturated heterocycles. The molecule has 15 heavy (non-hydrogen) atoms. The maximum absolute atomic E-state index is 11.0. The Morgan fingerprint density at radius 3 is 3.07 bits per heavy atom. The van der Waals surface area contributed by atoms with Crippen LogP contribution in [0.3, 0.4) is 0 Å². The molecular formula is C9H14N4O2. The molecular weight excluding hydrogens is 196 g/mol. The second-order valence-corrected chi connectivity index (χ2v) is 2.80. The number of aliphatic imine (C=N–C) groups is 1. The van der Waals surface area contributed by atoms with E-state index in [0.717, 1.165) is 0 Å². The van der Waals surface area contributed by atoms with Gasteiger partial charge in [-0.25, -0.2) is 5.84 Å². The van der Waals surface area contributed by atoms with Crippen LogP contribution in [-0.4, -0.2) is 31.1 Å². The number of hydrazine groups is 1. The van der Waals surface area contributed by atoms with E-state index in [0.29, 0.717) is 24.7 Å². The van der Waals surface area contributed by atoms with E-state index in [9.17, 15) is 4.79 Å². The fraction of sp³-hybridized carbons (Fsp3) is 0.333. The first-order valence-corrected chi connectivity index (χ1v) is 4.47. The van der Waals surface area contributed by atoms with Gasteiger partial charge in [0.1, 0.15) is 0 Å². The second-order valence-electron chi connectivity index (χ2n) is 2.80. The molecule has 6 nitrogen and oxygen atoms in total. The highest BCUT2D eigenvalue weighted by Crippen LogP contribution is 1.91. The first-order chi connectivity index (χ1) is 7.27. The number of hydrogen-bond acceptors (Lipinski definition) is 4. The predicted octanol–water partition coefficient (Wildman–Crippen LogP) is -0.769. The molecule has 0 radical (unpaired) electrons. The Labute approximate surface area is 87.1 Å². The lowest BCUT2D eigenvalue weighted by Gasteiger charge is -2.04. The van der Waals surface area contributed by atoms with Crippen molar-refractivity contribution >= 4 is 5.84 Å². The van der Waals surface area contributed by atoms with Gasteiger partial charge in [-0.2, -0.15) is 0 Å². The minimum Gasteiger partial charge on any atom is -0.383 e. The van der Waals surface area contributed by atoms with Gasteiger partial charge in [-0.05, 0) is 6.07 Å². The van der Waals surface area contributed by atoms with Gasteiger partial charge in [0.05, 0.1) is 18.8 Å². The summed E-state index contributed by atoms with van der Waals surface area (Å²) in [5, 5.41) is 0. The number of methoxy groups -OCH3 is 1. The average molecular weight is 210 g/mol. The molecule has 1 aromatic rings. The van der Waals surface area contributed by atoms with E-state index in [2.05, 4.69) is 15.4 Å². The van der Waals surface area contributed by atoms with Crippen LogP contribution in [0.25, 0.3) is 0 Å². The molecule has 0 unspecified atom stereocenters. The lowest BCUT2D eigenvalue weighted by atomic mass is 10.3. The average Bonchev–Trinajstić information content (AvgIpc) is 2.24. The summed E-state index contributed by atoms with van der Waals surface area (Å²) in [7, 11) is 1.59. The summed E-state index contributed by atoms with van der Waals surface area (Å²) >= 11 is 0. The third-order valence-corrected chi connectivity index (χ3v) is 1.73. The Hall–Kier alpha value is -1.66. The number of H-pyrrole nitrogens is 1. The molecule has 1 rings (SSSR count). The number of nitrogens with two attached hydrogens (primary N) is 1. The normalized spacial score (nSPS) is 11.5. The highest BCUT2D eigenvalue weighted by atomic mass is 16.5. The molecule has 0 amide bonds. The minimum absolute atomic E-state index is 0.192. The third-order valence-electron chi connectivity index (χ3n) is 1.73. The molecule has 0 bridgehead atoms. The number of aromatic nitrogens is 1. The van der Waals surface area contributed by atoms with Gasteiger partial charge in [0, 0.05) is 13.2 Å². The summed E-state index contributed by atoms with van der Waals surface area (Å²) in [6.07, 6.45) is 0. The highest BCUT2D eigenvalue weighted by Gasteiger charge is 2.00. The Bertz CT molecular complexity index is 386. The SMILES string of the molecule is COCCN=C(NN)c1cccc(=O)[nH]1. The van der Waals surface area contributed by atoms with Gasteiger partial charge < -0.3 is 15.1 Å². The Kier molecular flexibility index (Phi) is 4.52. The monoisotopic (exact) mass is 210 g/mol. The van der Waals surface area contributed by atoms with Crippen molar-refractivity contribution in [1.29, 1.82) is 0 Å². The summed E-state index contributed by atoms with van der Waals surface area (Å²) in [4.78, 5) is 17.8. The molecule has 0 aliphatic rings. The van der Waals surface area contributed by atoms with Gasteiger partial charge in [0.2, 0.25) is 5.56 Å². The number of hydrogen-bond donors (Lipinski definition) is 3. The van der Waals surface area contributed by atoms with Gasteiger partial charge >= 0.3 is 0 Å². The summed E-state index contributed by atoms with van der Waals surface area (Å²) < 4.78 is 4.85. The number of amidine groups is 1. The molecule has 82 valence electrons. The Morgan fingerprint density at radius 2 is 2.47 bits per heavy atom. The largest absolute Gasteiger partial charge is 0.383 e. The summed E-state index contributed by atoms with van der Waals surface area (Å²) in [6.45, 7) is 0.981. The van der Waals surface area contributed by atoms with Gasteiger partial charge in [0.15, 0.2) is 5.84 Å². The van der Waals surface area contributed by atoms with Crippen LogP contribution >= 0.6 is 0 Å². The first kappa shape index (κ1) is 11.4. The van der Waals surface area contributed by atoms with Crippen LogP contribution in [-0.2, 0) is 4.74 Å². The second kappa shape index (κ2) is 5.94. The fourth-order valence-corrected chi connectivity index (χ4v) is 1.04. The Morgan fingerprint density at radius 1 is 1.67 bits per heavy atom. The van der Waals surface area contributed by atoms with E-state index in [1.54, 1.807) is 19.2 Å². The predicted molar refractivity (Wildman–Crippen MR) is 57.7 cm³/mol. The third kappa shape index (κ3) is 3.53. The van der Waals surface area contributed by atoms with E-state index in [1.165, 1.54) is 6.07 Å². The number of rotatable bonds is 4. The standard InChI is InChI=1S/C9H14N4O2/c1-15-6-5-11-9(13-10)7-3-2-4-8(14)12-7/h2-4H,5-6,10H2,1H3,(H,11,13)(H,12,14). The van der Waals surface area contributed by atoms with E-state index < -0.39 is 0 Å². The molecule has 0 atom stereocenters. The van der Waals surface area contributed by atoms with Crippen molar-refractivity contribution in [1.82, 2.24) is 10.4 Å². The van der Waals surface area contributed by atoms with Crippen LogP contribution in [0, 0.1) is 0 Å².